The Balaban J connectivity index is 1.28. The molecule has 8 heteroatoms. The smallest absolute Gasteiger partial charge is 0.267 e. The Kier molecular flexibility index (Phi) is 6.82. The van der Waals surface area contributed by atoms with Crippen molar-refractivity contribution in [2.45, 2.75) is 37.8 Å². The van der Waals surface area contributed by atoms with E-state index in [9.17, 15) is 9.59 Å². The van der Waals surface area contributed by atoms with Gasteiger partial charge in [-0.25, -0.2) is 10.4 Å². The van der Waals surface area contributed by atoms with E-state index >= 15 is 0 Å². The second-order valence-electron chi connectivity index (χ2n) is 9.31. The highest BCUT2D eigenvalue weighted by molar-refractivity contribution is 7.99. The number of aromatic nitrogens is 2. The predicted molar refractivity (Wildman–Crippen MR) is 157 cm³/mol. The van der Waals surface area contributed by atoms with Crippen LogP contribution in [0.5, 0.6) is 0 Å². The van der Waals surface area contributed by atoms with E-state index < -0.39 is 0 Å². The highest BCUT2D eigenvalue weighted by Gasteiger charge is 2.23. The first-order valence-corrected chi connectivity index (χ1v) is 14.5. The van der Waals surface area contributed by atoms with Crippen molar-refractivity contribution >= 4 is 55.7 Å². The number of rotatable bonds is 6. The van der Waals surface area contributed by atoms with Gasteiger partial charge >= 0.3 is 0 Å². The van der Waals surface area contributed by atoms with Crippen LogP contribution in [-0.4, -0.2) is 26.9 Å². The van der Waals surface area contributed by atoms with Crippen LogP contribution in [0.3, 0.4) is 0 Å². The standard InChI is InChI=1S/C30H26N4O2S2/c1-19(22-16-9-11-20-10-5-6-14-23(20)22)32-33-26(35)18-37-30-31-28-27(24-15-7-8-17-25(24)38-28)29(36)34(30)21-12-3-2-4-13-21/h2-6,9-14,16H,7-8,15,17-18H2,1H3,(H,33,35)/b32-19-. The lowest BCUT2D eigenvalue weighted by Gasteiger charge is -2.13. The van der Waals surface area contributed by atoms with Crippen LogP contribution in [0, 0.1) is 0 Å². The maximum atomic E-state index is 13.8. The maximum Gasteiger partial charge on any atom is 0.267 e. The molecule has 0 saturated heterocycles. The van der Waals surface area contributed by atoms with E-state index in [0.29, 0.717) is 5.16 Å². The van der Waals surface area contributed by atoms with E-state index in [1.165, 1.54) is 16.6 Å². The number of benzene rings is 3. The maximum absolute atomic E-state index is 13.8. The number of thiophene rings is 1. The average Bonchev–Trinajstić information content (AvgIpc) is 3.33. The van der Waals surface area contributed by atoms with Gasteiger partial charge in [0.05, 0.1) is 22.5 Å². The third kappa shape index (κ3) is 4.66. The lowest BCUT2D eigenvalue weighted by atomic mass is 9.97. The van der Waals surface area contributed by atoms with Crippen molar-refractivity contribution in [3.05, 3.63) is 99.2 Å². The van der Waals surface area contributed by atoms with Crippen LogP contribution in [0.25, 0.3) is 26.7 Å². The molecule has 0 spiro atoms. The van der Waals surface area contributed by atoms with Crippen molar-refractivity contribution in [3.63, 3.8) is 0 Å². The Morgan fingerprint density at radius 1 is 1.03 bits per heavy atom. The predicted octanol–water partition coefficient (Wildman–Crippen LogP) is 6.11. The number of carbonyl (C=O) groups is 1. The zero-order valence-electron chi connectivity index (χ0n) is 20.9. The molecule has 1 aliphatic carbocycles. The average molecular weight is 539 g/mol. The number of para-hydroxylation sites is 1. The van der Waals surface area contributed by atoms with Crippen molar-refractivity contribution in [3.8, 4) is 5.69 Å². The summed E-state index contributed by atoms with van der Waals surface area (Å²) in [6.45, 7) is 1.89. The molecule has 190 valence electrons. The monoisotopic (exact) mass is 538 g/mol. The minimum Gasteiger partial charge on any atom is -0.272 e. The van der Waals surface area contributed by atoms with Gasteiger partial charge in [-0.3, -0.25) is 14.2 Å². The molecule has 0 unspecified atom stereocenters. The number of nitrogens with zero attached hydrogens (tertiary/aromatic N) is 3. The zero-order valence-corrected chi connectivity index (χ0v) is 22.6. The molecule has 6 rings (SSSR count). The van der Waals surface area contributed by atoms with Crippen LogP contribution >= 0.6 is 23.1 Å². The van der Waals surface area contributed by atoms with Gasteiger partial charge in [-0.1, -0.05) is 72.4 Å². The normalized spacial score (nSPS) is 13.6. The summed E-state index contributed by atoms with van der Waals surface area (Å²) in [4.78, 5) is 33.6. The minimum atomic E-state index is -0.256. The largest absolute Gasteiger partial charge is 0.272 e. The summed E-state index contributed by atoms with van der Waals surface area (Å²) in [6, 6.07) is 23.7. The molecule has 1 aliphatic rings. The molecule has 6 nitrogen and oxygen atoms in total. The fourth-order valence-corrected chi connectivity index (χ4v) is 7.11. The summed E-state index contributed by atoms with van der Waals surface area (Å²) in [5.74, 6) is -0.170. The summed E-state index contributed by atoms with van der Waals surface area (Å²) < 4.78 is 1.65. The molecule has 1 amide bonds. The molecule has 38 heavy (non-hydrogen) atoms. The molecular weight excluding hydrogens is 512 g/mol. The molecule has 2 heterocycles. The lowest BCUT2D eigenvalue weighted by molar-refractivity contribution is -0.118. The van der Waals surface area contributed by atoms with Gasteiger partial charge in [0.1, 0.15) is 4.83 Å². The number of thioether (sulfide) groups is 1. The molecule has 0 aliphatic heterocycles. The van der Waals surface area contributed by atoms with Crippen molar-refractivity contribution in [1.82, 2.24) is 15.0 Å². The quantitative estimate of drug-likeness (QED) is 0.122. The van der Waals surface area contributed by atoms with Gasteiger partial charge in [-0.2, -0.15) is 5.10 Å². The second kappa shape index (κ2) is 10.6. The van der Waals surface area contributed by atoms with E-state index in [-0.39, 0.29) is 17.2 Å². The van der Waals surface area contributed by atoms with Gasteiger partial charge in [0.2, 0.25) is 0 Å². The number of carbonyl (C=O) groups excluding carboxylic acids is 1. The summed E-state index contributed by atoms with van der Waals surface area (Å²) in [5.41, 5.74) is 6.23. The molecule has 0 fully saturated rings. The van der Waals surface area contributed by atoms with E-state index in [1.807, 2.05) is 61.5 Å². The van der Waals surface area contributed by atoms with Crippen LogP contribution in [0.1, 0.15) is 35.8 Å². The van der Waals surface area contributed by atoms with Gasteiger partial charge in [0, 0.05) is 10.4 Å². The van der Waals surface area contributed by atoms with Gasteiger partial charge in [-0.15, -0.1) is 11.3 Å². The van der Waals surface area contributed by atoms with Crippen molar-refractivity contribution < 1.29 is 4.79 Å². The Morgan fingerprint density at radius 3 is 2.66 bits per heavy atom. The van der Waals surface area contributed by atoms with Crippen LogP contribution in [0.2, 0.25) is 0 Å². The number of amides is 1. The second-order valence-corrected chi connectivity index (χ2v) is 11.3. The minimum absolute atomic E-state index is 0.0617. The summed E-state index contributed by atoms with van der Waals surface area (Å²) >= 11 is 2.87. The number of hydrogen-bond acceptors (Lipinski definition) is 6. The zero-order chi connectivity index (χ0) is 26.1. The van der Waals surface area contributed by atoms with Crippen LogP contribution < -0.4 is 11.0 Å². The summed E-state index contributed by atoms with van der Waals surface area (Å²) in [5, 5.41) is 7.82. The van der Waals surface area contributed by atoms with Crippen LogP contribution in [0.15, 0.2) is 87.8 Å². The van der Waals surface area contributed by atoms with Crippen molar-refractivity contribution in [1.29, 1.82) is 0 Å². The van der Waals surface area contributed by atoms with Gasteiger partial charge in [0.25, 0.3) is 11.5 Å². The summed E-state index contributed by atoms with van der Waals surface area (Å²) in [7, 11) is 0. The first kappa shape index (κ1) is 24.6. The fourth-order valence-electron chi connectivity index (χ4n) is 5.00. The number of aryl methyl sites for hydroxylation is 2. The van der Waals surface area contributed by atoms with E-state index in [2.05, 4.69) is 28.7 Å². The van der Waals surface area contributed by atoms with Crippen LogP contribution in [-0.2, 0) is 17.6 Å². The molecule has 2 aromatic heterocycles. The molecule has 3 aromatic carbocycles. The number of nitrogens with one attached hydrogen (secondary N) is 1. The van der Waals surface area contributed by atoms with E-state index in [4.69, 9.17) is 4.98 Å². The Hall–Kier alpha value is -3.75. The number of hydrazone groups is 1. The van der Waals surface area contributed by atoms with Crippen molar-refractivity contribution in [2.24, 2.45) is 5.10 Å². The Labute approximate surface area is 228 Å². The van der Waals surface area contributed by atoms with Gasteiger partial charge in [0.15, 0.2) is 5.16 Å². The summed E-state index contributed by atoms with van der Waals surface area (Å²) in [6.07, 6.45) is 4.16. The molecule has 0 bridgehead atoms. The topological polar surface area (TPSA) is 76.3 Å². The Bertz CT molecular complexity index is 1750. The molecule has 0 saturated carbocycles. The molecule has 0 radical (unpaired) electrons. The SMILES string of the molecule is C/C(=N/NC(=O)CSc1nc2sc3c(c2c(=O)n1-c1ccccc1)CCCC3)c1cccc2ccccc12. The molecule has 1 N–H and O–H groups in total. The van der Waals surface area contributed by atoms with Gasteiger partial charge < -0.3 is 0 Å². The molecule has 0 atom stereocenters. The third-order valence-electron chi connectivity index (χ3n) is 6.83. The highest BCUT2D eigenvalue weighted by Crippen LogP contribution is 2.35. The first-order chi connectivity index (χ1) is 18.6. The third-order valence-corrected chi connectivity index (χ3v) is 8.96. The van der Waals surface area contributed by atoms with Crippen molar-refractivity contribution in [2.75, 3.05) is 5.75 Å². The fraction of sp³-hybridized carbons (Fsp3) is 0.200. The number of fused-ring (bicyclic) bond motifs is 4. The lowest BCUT2D eigenvalue weighted by Crippen LogP contribution is -2.24. The van der Waals surface area contributed by atoms with E-state index in [0.717, 1.165) is 69.2 Å². The number of hydrogen-bond donors (Lipinski definition) is 1. The van der Waals surface area contributed by atoms with Gasteiger partial charge in [-0.05, 0) is 61.1 Å². The first-order valence-electron chi connectivity index (χ1n) is 12.7. The molecular formula is C30H26N4O2S2. The Morgan fingerprint density at radius 2 is 1.79 bits per heavy atom. The molecule has 5 aromatic rings. The van der Waals surface area contributed by atoms with Crippen LogP contribution in [0.4, 0.5) is 0 Å². The highest BCUT2D eigenvalue weighted by atomic mass is 32.2. The van der Waals surface area contributed by atoms with E-state index in [1.54, 1.807) is 15.9 Å².